The molecule has 0 aliphatic heterocycles. The highest BCUT2D eigenvalue weighted by atomic mass is 16.6. The van der Waals surface area contributed by atoms with E-state index in [2.05, 4.69) is 0 Å². The number of carbonyl (C=O) groups is 1. The maximum atomic E-state index is 12.5. The summed E-state index contributed by atoms with van der Waals surface area (Å²) in [6.07, 6.45) is 0.766. The number of rotatable bonds is 8. The van der Waals surface area contributed by atoms with E-state index in [0.29, 0.717) is 38.0 Å². The van der Waals surface area contributed by atoms with Crippen molar-refractivity contribution in [1.82, 2.24) is 9.47 Å². The predicted octanol–water partition coefficient (Wildman–Crippen LogP) is 3.33. The molecule has 0 N–H and O–H groups in total. The first-order chi connectivity index (χ1) is 13.5. The molecule has 1 amide bonds. The van der Waals surface area contributed by atoms with Crippen molar-refractivity contribution in [2.75, 3.05) is 6.54 Å². The molecular weight excluding hydrogens is 362 g/mol. The van der Waals surface area contributed by atoms with Crippen LogP contribution in [0.1, 0.15) is 25.3 Å². The number of amides is 1. The number of aryl methyl sites for hydroxylation is 1. The standard InChI is InChI=1S/C20H21N3O5/c1-2-21(14-15-7-4-3-5-8-15)19(24)9-6-12-22-17-11-10-16(23(26)27)13-18(17)28-20(22)25/h3-5,7-8,10-11,13H,2,6,9,12,14H2,1H3. The molecule has 0 unspecified atom stereocenters. The van der Waals surface area contributed by atoms with Crippen molar-refractivity contribution in [1.29, 1.82) is 0 Å². The summed E-state index contributed by atoms with van der Waals surface area (Å²) in [4.78, 5) is 36.6. The number of nitrogens with zero attached hydrogens (tertiary/aromatic N) is 3. The SMILES string of the molecule is CCN(Cc1ccccc1)C(=O)CCCn1c(=O)oc2cc([N+](=O)[O-])ccc21. The lowest BCUT2D eigenvalue weighted by Gasteiger charge is -2.21. The van der Waals surface area contributed by atoms with Gasteiger partial charge in [0.25, 0.3) is 5.69 Å². The van der Waals surface area contributed by atoms with Gasteiger partial charge in [-0.15, -0.1) is 0 Å². The van der Waals surface area contributed by atoms with Gasteiger partial charge in [-0.3, -0.25) is 19.5 Å². The van der Waals surface area contributed by atoms with Gasteiger partial charge >= 0.3 is 5.76 Å². The lowest BCUT2D eigenvalue weighted by Crippen LogP contribution is -2.30. The number of hydrogen-bond acceptors (Lipinski definition) is 5. The van der Waals surface area contributed by atoms with E-state index in [-0.39, 0.29) is 17.2 Å². The highest BCUT2D eigenvalue weighted by Gasteiger charge is 2.16. The minimum atomic E-state index is -0.584. The zero-order chi connectivity index (χ0) is 20.1. The summed E-state index contributed by atoms with van der Waals surface area (Å²) in [5.74, 6) is -0.567. The van der Waals surface area contributed by atoms with E-state index in [1.807, 2.05) is 37.3 Å². The second kappa shape index (κ2) is 8.51. The van der Waals surface area contributed by atoms with Crippen LogP contribution in [-0.4, -0.2) is 26.8 Å². The van der Waals surface area contributed by atoms with Crippen LogP contribution in [0, 0.1) is 10.1 Å². The number of fused-ring (bicyclic) bond motifs is 1. The largest absolute Gasteiger partial charge is 0.419 e. The van der Waals surface area contributed by atoms with Gasteiger partial charge in [0.1, 0.15) is 0 Å². The van der Waals surface area contributed by atoms with Gasteiger partial charge in [0.2, 0.25) is 5.91 Å². The first-order valence-electron chi connectivity index (χ1n) is 9.09. The smallest absolute Gasteiger partial charge is 0.407 e. The fourth-order valence-corrected chi connectivity index (χ4v) is 3.11. The summed E-state index contributed by atoms with van der Waals surface area (Å²) in [5, 5.41) is 10.8. The molecule has 8 nitrogen and oxygen atoms in total. The zero-order valence-corrected chi connectivity index (χ0v) is 15.5. The maximum absolute atomic E-state index is 12.5. The zero-order valence-electron chi connectivity index (χ0n) is 15.5. The summed E-state index contributed by atoms with van der Waals surface area (Å²) in [5.41, 5.74) is 1.59. The normalized spacial score (nSPS) is 10.9. The lowest BCUT2D eigenvalue weighted by atomic mass is 10.2. The molecule has 3 rings (SSSR count). The second-order valence-electron chi connectivity index (χ2n) is 6.43. The van der Waals surface area contributed by atoms with Crippen LogP contribution in [0.5, 0.6) is 0 Å². The summed E-state index contributed by atoms with van der Waals surface area (Å²) in [7, 11) is 0. The fourth-order valence-electron chi connectivity index (χ4n) is 3.11. The molecule has 0 radical (unpaired) electrons. The van der Waals surface area contributed by atoms with Crippen LogP contribution in [0.25, 0.3) is 11.1 Å². The van der Waals surface area contributed by atoms with Gasteiger partial charge < -0.3 is 9.32 Å². The molecule has 0 aliphatic rings. The molecule has 28 heavy (non-hydrogen) atoms. The average molecular weight is 383 g/mol. The molecule has 146 valence electrons. The van der Waals surface area contributed by atoms with Gasteiger partial charge in [-0.1, -0.05) is 30.3 Å². The van der Waals surface area contributed by atoms with Gasteiger partial charge in [0, 0.05) is 32.1 Å². The Labute approximate surface area is 161 Å². The Hall–Kier alpha value is -3.42. The Morgan fingerprint density at radius 2 is 1.96 bits per heavy atom. The number of non-ortho nitro benzene ring substituents is 1. The van der Waals surface area contributed by atoms with Gasteiger partial charge in [0.15, 0.2) is 5.58 Å². The Balaban J connectivity index is 1.64. The molecule has 0 fully saturated rings. The monoisotopic (exact) mass is 383 g/mol. The summed E-state index contributed by atoms with van der Waals surface area (Å²) in [6.45, 7) is 3.39. The summed E-state index contributed by atoms with van der Waals surface area (Å²) < 4.78 is 6.51. The second-order valence-corrected chi connectivity index (χ2v) is 6.43. The minimum absolute atomic E-state index is 0.0165. The Morgan fingerprint density at radius 3 is 2.64 bits per heavy atom. The van der Waals surface area contributed by atoms with Crippen molar-refractivity contribution in [2.45, 2.75) is 32.9 Å². The molecule has 0 bridgehead atoms. The van der Waals surface area contributed by atoms with Gasteiger partial charge in [0.05, 0.1) is 16.5 Å². The number of carbonyl (C=O) groups excluding carboxylic acids is 1. The van der Waals surface area contributed by atoms with Gasteiger partial charge in [-0.05, 0) is 25.0 Å². The molecule has 0 spiro atoms. The van der Waals surface area contributed by atoms with E-state index in [4.69, 9.17) is 4.42 Å². The lowest BCUT2D eigenvalue weighted by molar-refractivity contribution is -0.384. The van der Waals surface area contributed by atoms with Crippen molar-refractivity contribution in [3.8, 4) is 0 Å². The molecule has 0 aliphatic carbocycles. The third-order valence-corrected chi connectivity index (χ3v) is 4.59. The molecule has 0 saturated carbocycles. The number of nitro benzene ring substituents is 1. The topological polar surface area (TPSA) is 98.6 Å². The van der Waals surface area contributed by atoms with Crippen LogP contribution in [0.3, 0.4) is 0 Å². The van der Waals surface area contributed by atoms with Crippen LogP contribution in [0.2, 0.25) is 0 Å². The van der Waals surface area contributed by atoms with Crippen LogP contribution in [-0.2, 0) is 17.9 Å². The number of oxazole rings is 1. The number of hydrogen-bond donors (Lipinski definition) is 0. The molecular formula is C20H21N3O5. The van der Waals surface area contributed by atoms with Crippen LogP contribution in [0.15, 0.2) is 57.7 Å². The van der Waals surface area contributed by atoms with E-state index in [9.17, 15) is 19.7 Å². The van der Waals surface area contributed by atoms with E-state index in [1.54, 1.807) is 4.90 Å². The molecule has 0 saturated heterocycles. The first kappa shape index (κ1) is 19.3. The Bertz CT molecular complexity index is 1040. The highest BCUT2D eigenvalue weighted by molar-refractivity contribution is 5.77. The molecule has 3 aromatic rings. The molecule has 0 atom stereocenters. The van der Waals surface area contributed by atoms with Crippen molar-refractivity contribution in [2.24, 2.45) is 0 Å². The van der Waals surface area contributed by atoms with E-state index < -0.39 is 10.7 Å². The number of aromatic nitrogens is 1. The van der Waals surface area contributed by atoms with E-state index in [1.165, 1.54) is 22.8 Å². The molecule has 2 aromatic carbocycles. The quantitative estimate of drug-likeness (QED) is 0.439. The average Bonchev–Trinajstić information content (AvgIpc) is 3.01. The first-order valence-corrected chi connectivity index (χ1v) is 9.09. The van der Waals surface area contributed by atoms with E-state index >= 15 is 0 Å². The Morgan fingerprint density at radius 1 is 1.21 bits per heavy atom. The number of benzene rings is 2. The third-order valence-electron chi connectivity index (χ3n) is 4.59. The number of nitro groups is 1. The molecule has 1 heterocycles. The minimum Gasteiger partial charge on any atom is -0.407 e. The summed E-state index contributed by atoms with van der Waals surface area (Å²) >= 11 is 0. The molecule has 1 aromatic heterocycles. The third kappa shape index (κ3) is 4.28. The predicted molar refractivity (Wildman–Crippen MR) is 104 cm³/mol. The van der Waals surface area contributed by atoms with Crippen LogP contribution < -0.4 is 5.76 Å². The van der Waals surface area contributed by atoms with E-state index in [0.717, 1.165) is 5.56 Å². The molecule has 8 heteroatoms. The highest BCUT2D eigenvalue weighted by Crippen LogP contribution is 2.20. The van der Waals surface area contributed by atoms with Crippen molar-refractivity contribution >= 4 is 22.7 Å². The van der Waals surface area contributed by atoms with Crippen molar-refractivity contribution in [3.63, 3.8) is 0 Å². The van der Waals surface area contributed by atoms with Crippen LogP contribution >= 0.6 is 0 Å². The van der Waals surface area contributed by atoms with Crippen LogP contribution in [0.4, 0.5) is 5.69 Å². The van der Waals surface area contributed by atoms with Crippen molar-refractivity contribution < 1.29 is 14.1 Å². The Kier molecular flexibility index (Phi) is 5.88. The van der Waals surface area contributed by atoms with Gasteiger partial charge in [-0.25, -0.2) is 4.79 Å². The maximum Gasteiger partial charge on any atom is 0.419 e. The summed E-state index contributed by atoms with van der Waals surface area (Å²) in [6, 6.07) is 13.8. The fraction of sp³-hybridized carbons (Fsp3) is 0.300. The van der Waals surface area contributed by atoms with Gasteiger partial charge in [-0.2, -0.15) is 0 Å². The van der Waals surface area contributed by atoms with Crippen molar-refractivity contribution in [3.05, 3.63) is 74.8 Å².